The first-order valence-corrected chi connectivity index (χ1v) is 4.52. The van der Waals surface area contributed by atoms with Crippen LogP contribution < -0.4 is 5.32 Å². The molecule has 0 fully saturated rings. The summed E-state index contributed by atoms with van der Waals surface area (Å²) in [7, 11) is 0. The van der Waals surface area contributed by atoms with E-state index >= 15 is 0 Å². The maximum atomic E-state index is 11.7. The molecule has 1 aromatic heterocycles. The molecule has 0 saturated heterocycles. The number of hydrogen-bond donors (Lipinski definition) is 1. The molecule has 0 aromatic carbocycles. The Hall–Kier alpha value is -0.350. The number of nitrogens with zero attached hydrogens (tertiary/aromatic N) is 1. The van der Waals surface area contributed by atoms with Crippen molar-refractivity contribution in [2.45, 2.75) is 0 Å². The number of anilines is 1. The summed E-state index contributed by atoms with van der Waals surface area (Å²) < 4.78 is 12.6. The molecule has 0 aliphatic carbocycles. The van der Waals surface area contributed by atoms with Crippen molar-refractivity contribution in [1.82, 2.24) is 4.98 Å². The predicted octanol–water partition coefficient (Wildman–Crippen LogP) is 2.88. The molecule has 0 amide bonds. The molecule has 0 spiro atoms. The van der Waals surface area contributed by atoms with Crippen LogP contribution in [0.1, 0.15) is 0 Å². The third-order valence-corrected chi connectivity index (χ3v) is 1.92. The fourth-order valence-corrected chi connectivity index (χ4v) is 1.41. The molecular formula is C7H7BrClFN2. The molecule has 1 rings (SSSR count). The SMILES string of the molecule is FCCNc1ncc(Br)cc1Cl. The summed E-state index contributed by atoms with van der Waals surface area (Å²) in [6.07, 6.45) is 1.60. The van der Waals surface area contributed by atoms with Gasteiger partial charge in [-0.2, -0.15) is 0 Å². The van der Waals surface area contributed by atoms with E-state index < -0.39 is 6.67 Å². The number of nitrogens with one attached hydrogen (secondary N) is 1. The van der Waals surface area contributed by atoms with E-state index in [0.717, 1.165) is 4.47 Å². The largest absolute Gasteiger partial charge is 0.366 e. The average molecular weight is 254 g/mol. The number of pyridine rings is 1. The van der Waals surface area contributed by atoms with Crippen molar-refractivity contribution in [2.75, 3.05) is 18.5 Å². The van der Waals surface area contributed by atoms with Crippen molar-refractivity contribution < 1.29 is 4.39 Å². The van der Waals surface area contributed by atoms with Crippen molar-refractivity contribution in [2.24, 2.45) is 0 Å². The lowest BCUT2D eigenvalue weighted by Crippen LogP contribution is -2.04. The van der Waals surface area contributed by atoms with Gasteiger partial charge in [-0.1, -0.05) is 11.6 Å². The maximum Gasteiger partial charge on any atom is 0.144 e. The molecule has 0 saturated carbocycles. The molecular weight excluding hydrogens is 246 g/mol. The van der Waals surface area contributed by atoms with Crippen LogP contribution >= 0.6 is 27.5 Å². The molecule has 0 unspecified atom stereocenters. The average Bonchev–Trinajstić information content (AvgIpc) is 2.03. The minimum atomic E-state index is -0.436. The van der Waals surface area contributed by atoms with Gasteiger partial charge in [0.1, 0.15) is 12.5 Å². The van der Waals surface area contributed by atoms with E-state index in [1.807, 2.05) is 0 Å². The Kier molecular flexibility index (Phi) is 3.75. The van der Waals surface area contributed by atoms with E-state index in [0.29, 0.717) is 10.8 Å². The van der Waals surface area contributed by atoms with Gasteiger partial charge < -0.3 is 5.32 Å². The molecule has 0 bridgehead atoms. The number of halogens is 3. The third-order valence-electron chi connectivity index (χ3n) is 1.19. The van der Waals surface area contributed by atoms with Crippen LogP contribution in [0.3, 0.4) is 0 Å². The highest BCUT2D eigenvalue weighted by molar-refractivity contribution is 9.10. The standard InChI is InChI=1S/C7H7BrClFN2/c8-5-3-6(9)7(12-4-5)11-2-1-10/h3-4H,1-2H2,(H,11,12). The first-order valence-electron chi connectivity index (χ1n) is 3.35. The highest BCUT2D eigenvalue weighted by Gasteiger charge is 2.00. The minimum Gasteiger partial charge on any atom is -0.366 e. The summed E-state index contributed by atoms with van der Waals surface area (Å²) in [6.45, 7) is -0.206. The van der Waals surface area contributed by atoms with Gasteiger partial charge in [-0.25, -0.2) is 9.37 Å². The zero-order valence-corrected chi connectivity index (χ0v) is 8.49. The first-order chi connectivity index (χ1) is 5.74. The molecule has 1 aromatic rings. The van der Waals surface area contributed by atoms with Crippen LogP contribution in [0.4, 0.5) is 10.2 Å². The Bertz CT molecular complexity index is 270. The van der Waals surface area contributed by atoms with Gasteiger partial charge in [-0.3, -0.25) is 0 Å². The Morgan fingerprint density at radius 2 is 2.42 bits per heavy atom. The van der Waals surface area contributed by atoms with Gasteiger partial charge >= 0.3 is 0 Å². The van der Waals surface area contributed by atoms with E-state index in [-0.39, 0.29) is 6.54 Å². The smallest absolute Gasteiger partial charge is 0.144 e. The van der Waals surface area contributed by atoms with Crippen molar-refractivity contribution in [3.8, 4) is 0 Å². The van der Waals surface area contributed by atoms with Gasteiger partial charge in [0.05, 0.1) is 5.02 Å². The van der Waals surface area contributed by atoms with E-state index in [2.05, 4.69) is 26.2 Å². The summed E-state index contributed by atoms with van der Waals surface area (Å²) in [5.41, 5.74) is 0. The molecule has 0 aliphatic rings. The van der Waals surface area contributed by atoms with Crippen LogP contribution in [-0.2, 0) is 0 Å². The van der Waals surface area contributed by atoms with E-state index in [1.54, 1.807) is 12.3 Å². The summed E-state index contributed by atoms with van der Waals surface area (Å²) in [4.78, 5) is 3.96. The van der Waals surface area contributed by atoms with Crippen LogP contribution in [0.5, 0.6) is 0 Å². The van der Waals surface area contributed by atoms with E-state index in [1.165, 1.54) is 0 Å². The van der Waals surface area contributed by atoms with Crippen molar-refractivity contribution >= 4 is 33.3 Å². The summed E-state index contributed by atoms with van der Waals surface area (Å²) in [5.74, 6) is 0.512. The highest BCUT2D eigenvalue weighted by atomic mass is 79.9. The number of hydrogen-bond acceptors (Lipinski definition) is 2. The lowest BCUT2D eigenvalue weighted by Gasteiger charge is -2.04. The van der Waals surface area contributed by atoms with E-state index in [9.17, 15) is 4.39 Å². The van der Waals surface area contributed by atoms with Crippen LogP contribution in [0.25, 0.3) is 0 Å². The fraction of sp³-hybridized carbons (Fsp3) is 0.286. The highest BCUT2D eigenvalue weighted by Crippen LogP contribution is 2.22. The van der Waals surface area contributed by atoms with E-state index in [4.69, 9.17) is 11.6 Å². The molecule has 66 valence electrons. The fourth-order valence-electron chi connectivity index (χ4n) is 0.710. The molecule has 0 aliphatic heterocycles. The lowest BCUT2D eigenvalue weighted by atomic mass is 10.4. The van der Waals surface area contributed by atoms with Crippen LogP contribution in [0.2, 0.25) is 5.02 Å². The van der Waals surface area contributed by atoms with Gasteiger partial charge in [0.25, 0.3) is 0 Å². The van der Waals surface area contributed by atoms with Gasteiger partial charge in [-0.15, -0.1) is 0 Å². The first kappa shape index (κ1) is 9.74. The number of aromatic nitrogens is 1. The molecule has 12 heavy (non-hydrogen) atoms. The van der Waals surface area contributed by atoms with Crippen LogP contribution in [0.15, 0.2) is 16.7 Å². The van der Waals surface area contributed by atoms with Gasteiger partial charge in [0, 0.05) is 17.2 Å². The molecule has 1 heterocycles. The zero-order valence-electron chi connectivity index (χ0n) is 6.15. The van der Waals surface area contributed by atoms with Crippen molar-refractivity contribution in [3.05, 3.63) is 21.8 Å². The second-order valence-electron chi connectivity index (χ2n) is 2.10. The number of rotatable bonds is 3. The number of alkyl halides is 1. The summed E-state index contributed by atoms with van der Waals surface area (Å²) in [6, 6.07) is 1.70. The Morgan fingerprint density at radius 1 is 1.67 bits per heavy atom. The molecule has 1 N–H and O–H groups in total. The van der Waals surface area contributed by atoms with Crippen molar-refractivity contribution in [1.29, 1.82) is 0 Å². The minimum absolute atomic E-state index is 0.231. The summed E-state index contributed by atoms with van der Waals surface area (Å²) in [5, 5.41) is 3.24. The van der Waals surface area contributed by atoms with Gasteiger partial charge in [0.2, 0.25) is 0 Å². The Labute approximate surface area is 83.3 Å². The second-order valence-corrected chi connectivity index (χ2v) is 3.42. The van der Waals surface area contributed by atoms with Gasteiger partial charge in [0.15, 0.2) is 0 Å². The molecule has 5 heteroatoms. The normalized spacial score (nSPS) is 9.92. The topological polar surface area (TPSA) is 24.9 Å². The lowest BCUT2D eigenvalue weighted by molar-refractivity contribution is 0.512. The zero-order chi connectivity index (χ0) is 8.97. The maximum absolute atomic E-state index is 11.7. The van der Waals surface area contributed by atoms with Crippen LogP contribution in [0, 0.1) is 0 Å². The Balaban J connectivity index is 2.72. The quantitative estimate of drug-likeness (QED) is 0.896. The van der Waals surface area contributed by atoms with Crippen molar-refractivity contribution in [3.63, 3.8) is 0 Å². The monoisotopic (exact) mass is 252 g/mol. The molecule has 0 atom stereocenters. The Morgan fingerprint density at radius 3 is 3.00 bits per heavy atom. The van der Waals surface area contributed by atoms with Gasteiger partial charge in [-0.05, 0) is 22.0 Å². The summed E-state index contributed by atoms with van der Waals surface area (Å²) >= 11 is 9.00. The second kappa shape index (κ2) is 4.62. The third kappa shape index (κ3) is 2.60. The predicted molar refractivity (Wildman–Crippen MR) is 51.4 cm³/mol. The van der Waals surface area contributed by atoms with Crippen LogP contribution in [-0.4, -0.2) is 18.2 Å². The molecule has 0 radical (unpaired) electrons. The molecule has 2 nitrogen and oxygen atoms in total.